The second kappa shape index (κ2) is 10.5. The van der Waals surface area contributed by atoms with Crippen molar-refractivity contribution in [2.75, 3.05) is 21.3 Å². The Morgan fingerprint density at radius 2 is 1.74 bits per heavy atom. The number of aromatic nitrogens is 2. The fourth-order valence-electron chi connectivity index (χ4n) is 3.50. The Morgan fingerprint density at radius 3 is 2.29 bits per heavy atom. The molecule has 0 bridgehead atoms. The number of rotatable bonds is 9. The van der Waals surface area contributed by atoms with Crippen LogP contribution in [0.2, 0.25) is 0 Å². The lowest BCUT2D eigenvalue weighted by Gasteiger charge is -2.20. The van der Waals surface area contributed by atoms with E-state index >= 15 is 0 Å². The van der Waals surface area contributed by atoms with E-state index in [0.717, 1.165) is 34.6 Å². The molecular formula is C24H31N3O3S. The van der Waals surface area contributed by atoms with Gasteiger partial charge in [-0.25, -0.2) is 4.99 Å². The van der Waals surface area contributed by atoms with Crippen molar-refractivity contribution in [1.82, 2.24) is 9.55 Å². The van der Waals surface area contributed by atoms with Gasteiger partial charge in [-0.15, -0.1) is 11.3 Å². The zero-order valence-electron chi connectivity index (χ0n) is 19.1. The summed E-state index contributed by atoms with van der Waals surface area (Å²) in [6.07, 6.45) is 5.74. The van der Waals surface area contributed by atoms with Crippen molar-refractivity contribution in [3.63, 3.8) is 0 Å². The largest absolute Gasteiger partial charge is 0.493 e. The molecule has 0 aliphatic heterocycles. The lowest BCUT2D eigenvalue weighted by molar-refractivity contribution is 0.324. The van der Waals surface area contributed by atoms with Gasteiger partial charge in [0.15, 0.2) is 16.3 Å². The van der Waals surface area contributed by atoms with Gasteiger partial charge in [0.05, 0.1) is 38.9 Å². The highest BCUT2D eigenvalue weighted by Gasteiger charge is 2.19. The average molecular weight is 442 g/mol. The van der Waals surface area contributed by atoms with Gasteiger partial charge < -0.3 is 18.8 Å². The highest BCUT2D eigenvalue weighted by molar-refractivity contribution is 7.07. The maximum atomic E-state index is 5.58. The standard InChI is InChI=1S/C24H31N3O3S/c1-16(2)9-10-17(3)27-20(15-31-24(27)26-19-8-7-11-25-14-19)18-12-21(28-4)23(30-6)22(13-18)29-5/h7-8,11-17H,9-10H2,1-6H3. The molecule has 1 atom stereocenters. The number of nitrogens with zero attached hydrogens (tertiary/aromatic N) is 3. The lowest BCUT2D eigenvalue weighted by Crippen LogP contribution is -2.20. The van der Waals surface area contributed by atoms with Gasteiger partial charge in [-0.3, -0.25) is 4.98 Å². The summed E-state index contributed by atoms with van der Waals surface area (Å²) in [5, 5.41) is 2.14. The van der Waals surface area contributed by atoms with Crippen LogP contribution in [0.4, 0.5) is 5.69 Å². The first-order valence-electron chi connectivity index (χ1n) is 10.4. The molecule has 0 spiro atoms. The average Bonchev–Trinajstić information content (AvgIpc) is 3.20. The van der Waals surface area contributed by atoms with Crippen molar-refractivity contribution in [3.8, 4) is 28.5 Å². The molecule has 0 fully saturated rings. The molecule has 166 valence electrons. The minimum absolute atomic E-state index is 0.276. The quantitative estimate of drug-likeness (QED) is 0.417. The number of hydrogen-bond acceptors (Lipinski definition) is 6. The smallest absolute Gasteiger partial charge is 0.203 e. The van der Waals surface area contributed by atoms with Gasteiger partial charge in [-0.2, -0.15) is 0 Å². The molecule has 0 saturated carbocycles. The summed E-state index contributed by atoms with van der Waals surface area (Å²) in [7, 11) is 4.89. The number of methoxy groups -OCH3 is 3. The van der Waals surface area contributed by atoms with Gasteiger partial charge >= 0.3 is 0 Å². The van der Waals surface area contributed by atoms with Crippen LogP contribution < -0.4 is 19.0 Å². The highest BCUT2D eigenvalue weighted by Crippen LogP contribution is 2.41. The molecule has 2 heterocycles. The Bertz CT molecular complexity index is 1030. The molecule has 2 aromatic heterocycles. The Kier molecular flexibility index (Phi) is 7.74. The molecule has 3 aromatic rings. The second-order valence-corrected chi connectivity index (χ2v) is 8.67. The molecule has 3 rings (SSSR count). The predicted octanol–water partition coefficient (Wildman–Crippen LogP) is 5.87. The summed E-state index contributed by atoms with van der Waals surface area (Å²) in [6, 6.07) is 8.12. The Labute approximate surface area is 188 Å². The topological polar surface area (TPSA) is 57.9 Å². The molecule has 6 nitrogen and oxygen atoms in total. The minimum atomic E-state index is 0.276. The molecule has 0 radical (unpaired) electrons. The summed E-state index contributed by atoms with van der Waals surface area (Å²) in [5.41, 5.74) is 2.91. The van der Waals surface area contributed by atoms with Crippen molar-refractivity contribution < 1.29 is 14.2 Å². The summed E-state index contributed by atoms with van der Waals surface area (Å²) in [4.78, 5) is 10.0. The number of benzene rings is 1. The fraction of sp³-hybridized carbons (Fsp3) is 0.417. The van der Waals surface area contributed by atoms with Crippen molar-refractivity contribution in [1.29, 1.82) is 0 Å². The van der Waals surface area contributed by atoms with Crippen LogP contribution in [0.25, 0.3) is 11.3 Å². The van der Waals surface area contributed by atoms with Crippen LogP contribution in [0.5, 0.6) is 17.2 Å². The lowest BCUT2D eigenvalue weighted by atomic mass is 10.0. The number of pyridine rings is 1. The van der Waals surface area contributed by atoms with Crippen LogP contribution in [0.15, 0.2) is 47.0 Å². The Morgan fingerprint density at radius 1 is 1.03 bits per heavy atom. The van der Waals surface area contributed by atoms with E-state index in [0.29, 0.717) is 23.2 Å². The van der Waals surface area contributed by atoms with Gasteiger partial charge in [0.1, 0.15) is 0 Å². The van der Waals surface area contributed by atoms with Crippen LogP contribution >= 0.6 is 11.3 Å². The number of ether oxygens (including phenoxy) is 3. The first-order chi connectivity index (χ1) is 15.0. The summed E-state index contributed by atoms with van der Waals surface area (Å²) < 4.78 is 19.0. The van der Waals surface area contributed by atoms with Crippen molar-refractivity contribution in [2.24, 2.45) is 10.9 Å². The molecule has 0 N–H and O–H groups in total. The Hall–Kier alpha value is -2.80. The van der Waals surface area contributed by atoms with E-state index in [2.05, 4.69) is 35.7 Å². The monoisotopic (exact) mass is 441 g/mol. The molecular weight excluding hydrogens is 410 g/mol. The predicted molar refractivity (Wildman–Crippen MR) is 126 cm³/mol. The van der Waals surface area contributed by atoms with Gasteiger partial charge in [0.25, 0.3) is 0 Å². The third-order valence-corrected chi connectivity index (χ3v) is 6.02. The van der Waals surface area contributed by atoms with Crippen LogP contribution in [-0.2, 0) is 0 Å². The molecule has 7 heteroatoms. The molecule has 0 saturated heterocycles. The van der Waals surface area contributed by atoms with E-state index < -0.39 is 0 Å². The zero-order chi connectivity index (χ0) is 22.4. The highest BCUT2D eigenvalue weighted by atomic mass is 32.1. The van der Waals surface area contributed by atoms with E-state index in [-0.39, 0.29) is 6.04 Å². The maximum Gasteiger partial charge on any atom is 0.203 e. The SMILES string of the molecule is COc1cc(-c2csc(=Nc3cccnc3)n2C(C)CCC(C)C)cc(OC)c1OC. The van der Waals surface area contributed by atoms with E-state index in [1.54, 1.807) is 45.1 Å². The molecule has 0 aliphatic rings. The van der Waals surface area contributed by atoms with Crippen LogP contribution in [0, 0.1) is 5.92 Å². The molecule has 1 aromatic carbocycles. The normalized spacial score (nSPS) is 12.8. The molecule has 1 unspecified atom stereocenters. The van der Waals surface area contributed by atoms with Crippen LogP contribution in [0.1, 0.15) is 39.7 Å². The summed E-state index contributed by atoms with van der Waals surface area (Å²) >= 11 is 1.62. The van der Waals surface area contributed by atoms with Crippen molar-refractivity contribution >= 4 is 17.0 Å². The first kappa shape index (κ1) is 22.9. The molecule has 0 amide bonds. The Balaban J connectivity index is 2.18. The van der Waals surface area contributed by atoms with Gasteiger partial charge in [-0.1, -0.05) is 13.8 Å². The summed E-state index contributed by atoms with van der Waals surface area (Å²) in [5.74, 6) is 2.50. The van der Waals surface area contributed by atoms with Crippen LogP contribution in [-0.4, -0.2) is 30.9 Å². The van der Waals surface area contributed by atoms with E-state index in [4.69, 9.17) is 19.2 Å². The zero-order valence-corrected chi connectivity index (χ0v) is 19.9. The van der Waals surface area contributed by atoms with Crippen molar-refractivity contribution in [2.45, 2.75) is 39.7 Å². The number of thiazole rings is 1. The maximum absolute atomic E-state index is 5.58. The van der Waals surface area contributed by atoms with E-state index in [1.807, 2.05) is 24.3 Å². The minimum Gasteiger partial charge on any atom is -0.493 e. The third-order valence-electron chi connectivity index (χ3n) is 5.18. The number of hydrogen-bond donors (Lipinski definition) is 0. The van der Waals surface area contributed by atoms with Gasteiger partial charge in [-0.05, 0) is 49.9 Å². The molecule has 0 aliphatic carbocycles. The molecule has 31 heavy (non-hydrogen) atoms. The van der Waals surface area contributed by atoms with Crippen LogP contribution in [0.3, 0.4) is 0 Å². The fourth-order valence-corrected chi connectivity index (χ4v) is 4.52. The second-order valence-electron chi connectivity index (χ2n) is 7.83. The van der Waals surface area contributed by atoms with E-state index in [1.165, 1.54) is 0 Å². The van der Waals surface area contributed by atoms with Crippen molar-refractivity contribution in [3.05, 3.63) is 46.8 Å². The first-order valence-corrected chi connectivity index (χ1v) is 11.3. The third kappa shape index (κ3) is 5.28. The summed E-state index contributed by atoms with van der Waals surface area (Å²) in [6.45, 7) is 6.76. The van der Waals surface area contributed by atoms with Gasteiger partial charge in [0, 0.05) is 23.2 Å². The van der Waals surface area contributed by atoms with Gasteiger partial charge in [0.2, 0.25) is 5.75 Å². The van der Waals surface area contributed by atoms with E-state index in [9.17, 15) is 0 Å².